The summed E-state index contributed by atoms with van der Waals surface area (Å²) in [5.74, 6) is 0. The summed E-state index contributed by atoms with van der Waals surface area (Å²) in [4.78, 5) is 2.30. The average molecular weight is 552 g/mol. The van der Waals surface area contributed by atoms with Gasteiger partial charge in [-0.25, -0.2) is 0 Å². The van der Waals surface area contributed by atoms with Crippen LogP contribution >= 0.6 is 0 Å². The molecule has 0 aliphatic carbocycles. The lowest BCUT2D eigenvalue weighted by Gasteiger charge is -2.26. The molecule has 7 aromatic carbocycles. The molecule has 2 heterocycles. The predicted octanol–water partition coefficient (Wildman–Crippen LogP) is 11.8. The summed E-state index contributed by atoms with van der Waals surface area (Å²) in [5, 5.41) is 6.94. The van der Waals surface area contributed by atoms with Crippen LogP contribution in [0.4, 0.5) is 17.1 Å². The number of hydrogen-bond donors (Lipinski definition) is 0. The zero-order valence-electron chi connectivity index (χ0n) is 23.2. The lowest BCUT2D eigenvalue weighted by Crippen LogP contribution is -2.09. The van der Waals surface area contributed by atoms with Gasteiger partial charge in [-0.2, -0.15) is 0 Å². The van der Waals surface area contributed by atoms with Gasteiger partial charge in [0.15, 0.2) is 0 Å². The molecule has 9 rings (SSSR count). The maximum absolute atomic E-state index is 6.29. The summed E-state index contributed by atoms with van der Waals surface area (Å²) >= 11 is 0. The average Bonchev–Trinajstić information content (AvgIpc) is 3.63. The molecule has 202 valence electrons. The van der Waals surface area contributed by atoms with Crippen LogP contribution in [0.2, 0.25) is 0 Å². The molecular formula is C40H25NO2. The molecular weight excluding hydrogens is 526 g/mol. The van der Waals surface area contributed by atoms with E-state index < -0.39 is 0 Å². The number of furan rings is 2. The monoisotopic (exact) mass is 551 g/mol. The van der Waals surface area contributed by atoms with Crippen LogP contribution < -0.4 is 4.90 Å². The summed E-state index contributed by atoms with van der Waals surface area (Å²) in [6, 6.07) is 53.1. The van der Waals surface area contributed by atoms with Gasteiger partial charge in [-0.05, 0) is 71.1 Å². The summed E-state index contributed by atoms with van der Waals surface area (Å²) in [6.07, 6.45) is 0. The van der Waals surface area contributed by atoms with E-state index in [2.05, 4.69) is 132 Å². The van der Waals surface area contributed by atoms with Crippen molar-refractivity contribution in [1.29, 1.82) is 0 Å². The summed E-state index contributed by atoms with van der Waals surface area (Å²) in [7, 11) is 0. The van der Waals surface area contributed by atoms with E-state index in [1.807, 2.05) is 24.3 Å². The van der Waals surface area contributed by atoms with E-state index in [9.17, 15) is 0 Å². The molecule has 0 radical (unpaired) electrons. The SMILES string of the molecule is c1ccc(N(c2cccc(-c3cccc4ccc5oc6ccccc6c5c34)c2)c2ccc3c(c2)oc2ccccc23)cc1. The van der Waals surface area contributed by atoms with E-state index in [0.717, 1.165) is 66.5 Å². The highest BCUT2D eigenvalue weighted by atomic mass is 16.3. The summed E-state index contributed by atoms with van der Waals surface area (Å²) in [5.41, 5.74) is 9.10. The molecule has 3 nitrogen and oxygen atoms in total. The van der Waals surface area contributed by atoms with Gasteiger partial charge < -0.3 is 13.7 Å². The van der Waals surface area contributed by atoms with Crippen molar-refractivity contribution in [3.05, 3.63) is 152 Å². The smallest absolute Gasteiger partial charge is 0.137 e. The highest BCUT2D eigenvalue weighted by Crippen LogP contribution is 2.43. The maximum atomic E-state index is 6.29. The van der Waals surface area contributed by atoms with Crippen molar-refractivity contribution in [2.45, 2.75) is 0 Å². The molecule has 0 fully saturated rings. The molecule has 0 atom stereocenters. The Bertz CT molecular complexity index is 2470. The maximum Gasteiger partial charge on any atom is 0.137 e. The highest BCUT2D eigenvalue weighted by Gasteiger charge is 2.18. The fourth-order valence-electron chi connectivity index (χ4n) is 6.52. The van der Waals surface area contributed by atoms with Crippen LogP contribution in [0.1, 0.15) is 0 Å². The first-order valence-corrected chi connectivity index (χ1v) is 14.5. The van der Waals surface area contributed by atoms with Crippen molar-refractivity contribution in [3.8, 4) is 11.1 Å². The Balaban J connectivity index is 1.26. The van der Waals surface area contributed by atoms with Crippen molar-refractivity contribution in [1.82, 2.24) is 0 Å². The van der Waals surface area contributed by atoms with E-state index in [-0.39, 0.29) is 0 Å². The standard InChI is InChI=1S/C40H25NO2/c1-2-12-28(13-3-1)41(30-21-22-33-32-15-4-6-18-35(32)43-38(33)25-30)29-14-8-11-27(24-29)31-17-9-10-26-20-23-37-40(39(26)31)34-16-5-7-19-36(34)42-37/h1-25H. The Hall–Kier alpha value is -5.80. The Kier molecular flexibility index (Phi) is 5.20. The quantitative estimate of drug-likeness (QED) is 0.218. The molecule has 0 saturated carbocycles. The number of para-hydroxylation sites is 3. The van der Waals surface area contributed by atoms with Crippen LogP contribution in [-0.4, -0.2) is 0 Å². The third-order valence-corrected chi connectivity index (χ3v) is 8.43. The number of benzene rings is 7. The van der Waals surface area contributed by atoms with Gasteiger partial charge >= 0.3 is 0 Å². The lowest BCUT2D eigenvalue weighted by atomic mass is 9.94. The fourth-order valence-corrected chi connectivity index (χ4v) is 6.52. The van der Waals surface area contributed by atoms with Gasteiger partial charge in [-0.1, -0.05) is 91.0 Å². The molecule has 2 aromatic heterocycles. The van der Waals surface area contributed by atoms with Crippen molar-refractivity contribution >= 4 is 71.7 Å². The molecule has 0 N–H and O–H groups in total. The van der Waals surface area contributed by atoms with Crippen LogP contribution in [0.5, 0.6) is 0 Å². The minimum absolute atomic E-state index is 0.874. The minimum atomic E-state index is 0.874. The predicted molar refractivity (Wildman–Crippen MR) is 179 cm³/mol. The number of rotatable bonds is 4. The second-order valence-corrected chi connectivity index (χ2v) is 10.9. The van der Waals surface area contributed by atoms with Gasteiger partial charge in [0.05, 0.1) is 0 Å². The van der Waals surface area contributed by atoms with E-state index in [1.165, 1.54) is 16.3 Å². The Morgan fingerprint density at radius 2 is 1.05 bits per heavy atom. The lowest BCUT2D eigenvalue weighted by molar-refractivity contribution is 0.668. The molecule has 0 unspecified atom stereocenters. The largest absolute Gasteiger partial charge is 0.456 e. The number of nitrogens with zero attached hydrogens (tertiary/aromatic N) is 1. The van der Waals surface area contributed by atoms with Gasteiger partial charge in [0, 0.05) is 50.1 Å². The zero-order chi connectivity index (χ0) is 28.3. The van der Waals surface area contributed by atoms with Crippen LogP contribution in [-0.2, 0) is 0 Å². The third kappa shape index (κ3) is 3.75. The first-order chi connectivity index (χ1) is 21.3. The molecule has 9 aromatic rings. The molecule has 0 amide bonds. The number of anilines is 3. The zero-order valence-corrected chi connectivity index (χ0v) is 23.2. The van der Waals surface area contributed by atoms with Crippen LogP contribution in [0.25, 0.3) is 65.8 Å². The second kappa shape index (κ2) is 9.37. The van der Waals surface area contributed by atoms with Gasteiger partial charge in [0.2, 0.25) is 0 Å². The Morgan fingerprint density at radius 3 is 1.93 bits per heavy atom. The number of fused-ring (bicyclic) bond motifs is 8. The Morgan fingerprint density at radius 1 is 0.372 bits per heavy atom. The van der Waals surface area contributed by atoms with Crippen molar-refractivity contribution in [2.24, 2.45) is 0 Å². The molecule has 0 bridgehead atoms. The van der Waals surface area contributed by atoms with Crippen molar-refractivity contribution < 1.29 is 8.83 Å². The Labute approximate surface area is 247 Å². The summed E-state index contributed by atoms with van der Waals surface area (Å²) in [6.45, 7) is 0. The molecule has 0 aliphatic heterocycles. The number of hydrogen-bond acceptors (Lipinski definition) is 3. The second-order valence-electron chi connectivity index (χ2n) is 10.9. The fraction of sp³-hybridized carbons (Fsp3) is 0. The first kappa shape index (κ1) is 23.9. The van der Waals surface area contributed by atoms with Crippen molar-refractivity contribution in [3.63, 3.8) is 0 Å². The van der Waals surface area contributed by atoms with Gasteiger partial charge in [0.25, 0.3) is 0 Å². The third-order valence-electron chi connectivity index (χ3n) is 8.43. The highest BCUT2D eigenvalue weighted by molar-refractivity contribution is 6.22. The molecule has 0 aliphatic rings. The van der Waals surface area contributed by atoms with E-state index in [1.54, 1.807) is 0 Å². The molecule has 43 heavy (non-hydrogen) atoms. The van der Waals surface area contributed by atoms with Crippen LogP contribution in [0.15, 0.2) is 160 Å². The van der Waals surface area contributed by atoms with Gasteiger partial charge in [-0.3, -0.25) is 0 Å². The van der Waals surface area contributed by atoms with E-state index in [4.69, 9.17) is 8.83 Å². The first-order valence-electron chi connectivity index (χ1n) is 14.5. The molecule has 0 spiro atoms. The van der Waals surface area contributed by atoms with Crippen LogP contribution in [0, 0.1) is 0 Å². The topological polar surface area (TPSA) is 29.5 Å². The molecule has 3 heteroatoms. The summed E-state index contributed by atoms with van der Waals surface area (Å²) < 4.78 is 12.6. The van der Waals surface area contributed by atoms with Gasteiger partial charge in [0.1, 0.15) is 22.3 Å². The van der Waals surface area contributed by atoms with Crippen LogP contribution in [0.3, 0.4) is 0 Å². The molecule has 0 saturated heterocycles. The van der Waals surface area contributed by atoms with E-state index >= 15 is 0 Å². The van der Waals surface area contributed by atoms with E-state index in [0.29, 0.717) is 0 Å². The minimum Gasteiger partial charge on any atom is -0.456 e. The normalized spacial score (nSPS) is 11.7. The van der Waals surface area contributed by atoms with Crippen molar-refractivity contribution in [2.75, 3.05) is 4.90 Å². The van der Waals surface area contributed by atoms with Gasteiger partial charge in [-0.15, -0.1) is 0 Å².